The first-order valence-corrected chi connectivity index (χ1v) is 9.95. The standard InChI is InChI=1S/C21H32FN3O/c1-15-10-16(2)13-24(12-15)14-18-6-8-25(9-7-18)21(26)23-19-5-4-17(3)20(22)11-19/h4-5,11,15-16,18H,6-10,12-14H2,1-3H3,(H,23,26)/t15-,16+. The van der Waals surface area contributed by atoms with E-state index in [-0.39, 0.29) is 11.8 Å². The molecule has 2 heterocycles. The molecule has 0 bridgehead atoms. The lowest BCUT2D eigenvalue weighted by molar-refractivity contribution is 0.101. The number of urea groups is 1. The summed E-state index contributed by atoms with van der Waals surface area (Å²) in [5.41, 5.74) is 1.11. The van der Waals surface area contributed by atoms with Crippen molar-refractivity contribution < 1.29 is 9.18 Å². The van der Waals surface area contributed by atoms with Crippen LogP contribution in [0.2, 0.25) is 0 Å². The van der Waals surface area contributed by atoms with Crippen LogP contribution < -0.4 is 5.32 Å². The second-order valence-electron chi connectivity index (χ2n) is 8.49. The van der Waals surface area contributed by atoms with Crippen LogP contribution in [-0.2, 0) is 0 Å². The van der Waals surface area contributed by atoms with Gasteiger partial charge in [-0.05, 0) is 61.6 Å². The third-order valence-electron chi connectivity index (χ3n) is 5.79. The number of nitrogens with zero attached hydrogens (tertiary/aromatic N) is 2. The van der Waals surface area contributed by atoms with Crippen LogP contribution in [0, 0.1) is 30.5 Å². The summed E-state index contributed by atoms with van der Waals surface area (Å²) in [6.07, 6.45) is 3.44. The lowest BCUT2D eigenvalue weighted by Gasteiger charge is -2.39. The Kier molecular flexibility index (Phi) is 6.17. The Labute approximate surface area is 156 Å². The van der Waals surface area contributed by atoms with Crippen LogP contribution in [0.3, 0.4) is 0 Å². The molecule has 0 aliphatic carbocycles. The second-order valence-corrected chi connectivity index (χ2v) is 8.49. The molecular formula is C21H32FN3O. The largest absolute Gasteiger partial charge is 0.325 e. The number of amides is 2. The van der Waals surface area contributed by atoms with Gasteiger partial charge in [0, 0.05) is 38.4 Å². The van der Waals surface area contributed by atoms with Gasteiger partial charge in [-0.2, -0.15) is 0 Å². The summed E-state index contributed by atoms with van der Waals surface area (Å²) in [5.74, 6) is 1.97. The van der Waals surface area contributed by atoms with E-state index in [2.05, 4.69) is 24.1 Å². The monoisotopic (exact) mass is 361 g/mol. The molecule has 26 heavy (non-hydrogen) atoms. The fourth-order valence-electron chi connectivity index (χ4n) is 4.50. The minimum atomic E-state index is -0.286. The maximum absolute atomic E-state index is 13.6. The topological polar surface area (TPSA) is 35.6 Å². The van der Waals surface area contributed by atoms with Gasteiger partial charge < -0.3 is 15.1 Å². The van der Waals surface area contributed by atoms with Gasteiger partial charge in [-0.25, -0.2) is 9.18 Å². The van der Waals surface area contributed by atoms with E-state index in [1.54, 1.807) is 19.1 Å². The van der Waals surface area contributed by atoms with E-state index in [0.717, 1.165) is 44.3 Å². The van der Waals surface area contributed by atoms with Crippen LogP contribution in [0.25, 0.3) is 0 Å². The zero-order valence-electron chi connectivity index (χ0n) is 16.3. The zero-order chi connectivity index (χ0) is 18.7. The molecule has 0 aromatic heterocycles. The molecule has 2 aliphatic heterocycles. The first-order valence-electron chi connectivity index (χ1n) is 9.95. The van der Waals surface area contributed by atoms with Crippen molar-refractivity contribution in [1.29, 1.82) is 0 Å². The highest BCUT2D eigenvalue weighted by Crippen LogP contribution is 2.25. The summed E-state index contributed by atoms with van der Waals surface area (Å²) in [7, 11) is 0. The van der Waals surface area contributed by atoms with Crippen LogP contribution in [0.4, 0.5) is 14.9 Å². The van der Waals surface area contributed by atoms with Crippen molar-refractivity contribution in [1.82, 2.24) is 9.80 Å². The van der Waals surface area contributed by atoms with Crippen molar-refractivity contribution in [3.63, 3.8) is 0 Å². The van der Waals surface area contributed by atoms with Crippen molar-refractivity contribution in [2.45, 2.75) is 40.0 Å². The average Bonchev–Trinajstić information content (AvgIpc) is 2.58. The summed E-state index contributed by atoms with van der Waals surface area (Å²) in [6, 6.07) is 4.71. The van der Waals surface area contributed by atoms with Gasteiger partial charge in [-0.3, -0.25) is 0 Å². The van der Waals surface area contributed by atoms with Crippen LogP contribution in [0.1, 0.15) is 38.7 Å². The molecule has 0 radical (unpaired) electrons. The Hall–Kier alpha value is -1.62. The number of hydrogen-bond donors (Lipinski definition) is 1. The number of benzene rings is 1. The van der Waals surface area contributed by atoms with Crippen LogP contribution >= 0.6 is 0 Å². The first kappa shape index (κ1) is 19.2. The summed E-state index contributed by atoms with van der Waals surface area (Å²) < 4.78 is 13.6. The molecule has 1 aromatic rings. The molecule has 2 fully saturated rings. The van der Waals surface area contributed by atoms with E-state index in [0.29, 0.717) is 17.2 Å². The predicted molar refractivity (Wildman–Crippen MR) is 104 cm³/mol. The molecule has 2 atom stereocenters. The van der Waals surface area contributed by atoms with E-state index in [9.17, 15) is 9.18 Å². The summed E-state index contributed by atoms with van der Waals surface area (Å²) in [5, 5.41) is 2.82. The molecule has 1 N–H and O–H groups in total. The number of aryl methyl sites for hydroxylation is 1. The van der Waals surface area contributed by atoms with Gasteiger partial charge in [0.25, 0.3) is 0 Å². The van der Waals surface area contributed by atoms with E-state index >= 15 is 0 Å². The molecule has 0 saturated carbocycles. The number of likely N-dealkylation sites (tertiary alicyclic amines) is 2. The molecule has 2 aliphatic rings. The summed E-state index contributed by atoms with van der Waals surface area (Å²) in [4.78, 5) is 16.9. The van der Waals surface area contributed by atoms with E-state index < -0.39 is 0 Å². The van der Waals surface area contributed by atoms with Gasteiger partial charge >= 0.3 is 6.03 Å². The van der Waals surface area contributed by atoms with E-state index in [1.807, 2.05) is 4.90 Å². The van der Waals surface area contributed by atoms with Gasteiger partial charge in [-0.15, -0.1) is 0 Å². The highest BCUT2D eigenvalue weighted by Gasteiger charge is 2.27. The normalized spacial score (nSPS) is 25.3. The first-order chi connectivity index (χ1) is 12.4. The molecular weight excluding hydrogens is 329 g/mol. The van der Waals surface area contributed by atoms with Gasteiger partial charge in [0.15, 0.2) is 0 Å². The summed E-state index contributed by atoms with van der Waals surface area (Å²) in [6.45, 7) is 11.6. The second kappa shape index (κ2) is 8.38. The molecule has 5 heteroatoms. The van der Waals surface area contributed by atoms with E-state index in [1.165, 1.54) is 25.6 Å². The van der Waals surface area contributed by atoms with Crippen molar-refractivity contribution in [2.75, 3.05) is 38.0 Å². The van der Waals surface area contributed by atoms with Crippen molar-refractivity contribution in [3.8, 4) is 0 Å². The Balaban J connectivity index is 1.45. The Morgan fingerprint density at radius 1 is 1.19 bits per heavy atom. The molecule has 0 spiro atoms. The van der Waals surface area contributed by atoms with Gasteiger partial charge in [-0.1, -0.05) is 19.9 Å². The third-order valence-corrected chi connectivity index (χ3v) is 5.79. The fraction of sp³-hybridized carbons (Fsp3) is 0.667. The number of rotatable bonds is 3. The predicted octanol–water partition coefficient (Wildman–Crippen LogP) is 4.36. The molecule has 0 unspecified atom stereocenters. The Bertz CT molecular complexity index is 618. The third kappa shape index (κ3) is 4.97. The number of piperidine rings is 2. The Morgan fingerprint density at radius 2 is 1.85 bits per heavy atom. The lowest BCUT2D eigenvalue weighted by Crippen LogP contribution is -2.46. The molecule has 3 rings (SSSR count). The van der Waals surface area contributed by atoms with Crippen LogP contribution in [0.5, 0.6) is 0 Å². The number of nitrogens with one attached hydrogen (secondary N) is 1. The lowest BCUT2D eigenvalue weighted by atomic mass is 9.89. The Morgan fingerprint density at radius 3 is 2.46 bits per heavy atom. The van der Waals surface area contributed by atoms with Crippen LogP contribution in [0.15, 0.2) is 18.2 Å². The zero-order valence-corrected chi connectivity index (χ0v) is 16.3. The molecule has 2 saturated heterocycles. The van der Waals surface area contributed by atoms with Gasteiger partial charge in [0.2, 0.25) is 0 Å². The number of anilines is 1. The minimum absolute atomic E-state index is 0.119. The van der Waals surface area contributed by atoms with Crippen molar-refractivity contribution in [3.05, 3.63) is 29.6 Å². The highest BCUT2D eigenvalue weighted by molar-refractivity contribution is 5.89. The number of halogens is 1. The van der Waals surface area contributed by atoms with Crippen molar-refractivity contribution in [2.24, 2.45) is 17.8 Å². The number of hydrogen-bond acceptors (Lipinski definition) is 2. The van der Waals surface area contributed by atoms with E-state index in [4.69, 9.17) is 0 Å². The van der Waals surface area contributed by atoms with Gasteiger partial charge in [0.1, 0.15) is 5.82 Å². The molecule has 4 nitrogen and oxygen atoms in total. The molecule has 144 valence electrons. The summed E-state index contributed by atoms with van der Waals surface area (Å²) >= 11 is 0. The van der Waals surface area contributed by atoms with Crippen molar-refractivity contribution >= 4 is 11.7 Å². The molecule has 1 aromatic carbocycles. The number of carbonyl (C=O) groups excluding carboxylic acids is 1. The minimum Gasteiger partial charge on any atom is -0.325 e. The quantitative estimate of drug-likeness (QED) is 0.868. The smallest absolute Gasteiger partial charge is 0.321 e. The van der Waals surface area contributed by atoms with Crippen LogP contribution in [-0.4, -0.2) is 48.6 Å². The fourth-order valence-corrected chi connectivity index (χ4v) is 4.50. The highest BCUT2D eigenvalue weighted by atomic mass is 19.1. The maximum Gasteiger partial charge on any atom is 0.321 e. The van der Waals surface area contributed by atoms with Gasteiger partial charge in [0.05, 0.1) is 0 Å². The SMILES string of the molecule is Cc1ccc(NC(=O)N2CCC(CN3C[C@H](C)C[C@H](C)C3)CC2)cc1F. The average molecular weight is 362 g/mol. The number of carbonyl (C=O) groups is 1. The maximum atomic E-state index is 13.6. The molecule has 2 amide bonds.